The number of ether oxygens (including phenoxy) is 2. The van der Waals surface area contributed by atoms with E-state index < -0.39 is 11.5 Å². The van der Waals surface area contributed by atoms with Gasteiger partial charge in [-0.2, -0.15) is 0 Å². The normalized spacial score (nSPS) is 15.7. The highest BCUT2D eigenvalue weighted by Gasteiger charge is 2.32. The van der Waals surface area contributed by atoms with Crippen molar-refractivity contribution >= 4 is 0 Å². The highest BCUT2D eigenvalue weighted by molar-refractivity contribution is 5.53. The number of hydrogen-bond donors (Lipinski definition) is 1. The van der Waals surface area contributed by atoms with Gasteiger partial charge in [-0.15, -0.1) is 0 Å². The Bertz CT molecular complexity index is 461. The Hall–Kier alpha value is -1.36. The van der Waals surface area contributed by atoms with E-state index in [0.29, 0.717) is 30.3 Å². The van der Waals surface area contributed by atoms with E-state index in [9.17, 15) is 8.78 Å². The summed E-state index contributed by atoms with van der Waals surface area (Å²) < 4.78 is 37.8. The Morgan fingerprint density at radius 1 is 1.11 bits per heavy atom. The van der Waals surface area contributed by atoms with Gasteiger partial charge in [0.05, 0.1) is 0 Å². The molecule has 5 heteroatoms. The second kappa shape index (κ2) is 4.09. The van der Waals surface area contributed by atoms with Gasteiger partial charge in [-0.3, -0.25) is 0 Å². The Morgan fingerprint density at radius 3 is 2.28 bits per heavy atom. The third kappa shape index (κ3) is 2.41. The van der Waals surface area contributed by atoms with Crippen LogP contribution in [0.4, 0.5) is 8.78 Å². The molecule has 0 amide bonds. The van der Waals surface area contributed by atoms with Crippen LogP contribution in [0.5, 0.6) is 11.5 Å². The first-order chi connectivity index (χ1) is 8.19. The van der Waals surface area contributed by atoms with Crippen molar-refractivity contribution in [2.45, 2.75) is 32.2 Å². The molecule has 1 aromatic rings. The van der Waals surface area contributed by atoms with Crippen LogP contribution in [0.2, 0.25) is 0 Å². The Kier molecular flexibility index (Phi) is 2.97. The van der Waals surface area contributed by atoms with Gasteiger partial charge in [-0.1, -0.05) is 0 Å². The predicted octanol–water partition coefficient (Wildman–Crippen LogP) is 2.76. The summed E-state index contributed by atoms with van der Waals surface area (Å²) in [6.07, 6.45) is 0. The van der Waals surface area contributed by atoms with Crippen molar-refractivity contribution in [2.75, 3.05) is 13.2 Å². The molecule has 1 aliphatic heterocycles. The Morgan fingerprint density at radius 2 is 1.72 bits per heavy atom. The molecule has 0 spiro atoms. The molecule has 1 aliphatic rings. The quantitative estimate of drug-likeness (QED) is 0.886. The van der Waals surface area contributed by atoms with E-state index in [0.717, 1.165) is 6.92 Å². The molecule has 2 rings (SSSR count). The summed E-state index contributed by atoms with van der Waals surface area (Å²) in [5.74, 6) is -2.12. The number of hydrogen-bond acceptors (Lipinski definition) is 3. The standard InChI is InChI=1S/C13H17F2NO2/c1-12(2,16)9-6-8(13(3,14)15)7-10-11(9)18-5-4-17-10/h6-7H,4-5,16H2,1-3H3. The molecule has 0 atom stereocenters. The zero-order valence-electron chi connectivity index (χ0n) is 10.7. The number of benzene rings is 1. The van der Waals surface area contributed by atoms with Crippen molar-refractivity contribution in [1.29, 1.82) is 0 Å². The van der Waals surface area contributed by atoms with Crippen LogP contribution in [-0.4, -0.2) is 13.2 Å². The lowest BCUT2D eigenvalue weighted by Crippen LogP contribution is -2.31. The van der Waals surface area contributed by atoms with Crippen molar-refractivity contribution < 1.29 is 18.3 Å². The first-order valence-electron chi connectivity index (χ1n) is 5.81. The summed E-state index contributed by atoms with van der Waals surface area (Å²) in [4.78, 5) is 0. The summed E-state index contributed by atoms with van der Waals surface area (Å²) in [6.45, 7) is 5.11. The van der Waals surface area contributed by atoms with Gasteiger partial charge in [0, 0.05) is 23.6 Å². The number of alkyl halides is 2. The molecule has 2 N–H and O–H groups in total. The van der Waals surface area contributed by atoms with Crippen molar-refractivity contribution in [3.63, 3.8) is 0 Å². The minimum atomic E-state index is -2.93. The van der Waals surface area contributed by atoms with E-state index in [-0.39, 0.29) is 5.56 Å². The second-order valence-electron chi connectivity index (χ2n) is 5.16. The van der Waals surface area contributed by atoms with Crippen LogP contribution in [-0.2, 0) is 11.5 Å². The maximum absolute atomic E-state index is 13.5. The number of rotatable bonds is 2. The summed E-state index contributed by atoms with van der Waals surface area (Å²) in [5.41, 5.74) is 5.67. The van der Waals surface area contributed by atoms with Crippen molar-refractivity contribution in [1.82, 2.24) is 0 Å². The molecular formula is C13H17F2NO2. The van der Waals surface area contributed by atoms with Crippen molar-refractivity contribution in [3.8, 4) is 11.5 Å². The molecule has 0 bridgehead atoms. The molecule has 0 unspecified atom stereocenters. The molecule has 1 aromatic carbocycles. The van der Waals surface area contributed by atoms with E-state index in [1.807, 2.05) is 0 Å². The van der Waals surface area contributed by atoms with Crippen LogP contribution in [0.15, 0.2) is 12.1 Å². The van der Waals surface area contributed by atoms with E-state index in [2.05, 4.69) is 0 Å². The first kappa shape index (κ1) is 13.1. The van der Waals surface area contributed by atoms with Crippen molar-refractivity contribution in [3.05, 3.63) is 23.3 Å². The summed E-state index contributed by atoms with van der Waals surface area (Å²) in [5, 5.41) is 0. The zero-order chi connectivity index (χ0) is 13.6. The van der Waals surface area contributed by atoms with Gasteiger partial charge in [0.2, 0.25) is 0 Å². The van der Waals surface area contributed by atoms with Crippen molar-refractivity contribution in [2.24, 2.45) is 5.73 Å². The third-order valence-corrected chi connectivity index (χ3v) is 2.84. The van der Waals surface area contributed by atoms with Gasteiger partial charge < -0.3 is 15.2 Å². The maximum Gasteiger partial charge on any atom is 0.270 e. The van der Waals surface area contributed by atoms with Crippen LogP contribution < -0.4 is 15.2 Å². The fourth-order valence-electron chi connectivity index (χ4n) is 1.89. The Balaban J connectivity index is 2.63. The molecule has 0 fully saturated rings. The lowest BCUT2D eigenvalue weighted by molar-refractivity contribution is 0.0167. The maximum atomic E-state index is 13.5. The SMILES string of the molecule is CC(C)(N)c1cc(C(C)(F)F)cc2c1OCCO2. The van der Waals surface area contributed by atoms with Crippen LogP contribution in [0.1, 0.15) is 31.9 Å². The molecule has 0 saturated carbocycles. The van der Waals surface area contributed by atoms with Gasteiger partial charge in [-0.05, 0) is 26.0 Å². The molecule has 0 aliphatic carbocycles. The number of halogens is 2. The van der Waals surface area contributed by atoms with Crippen LogP contribution in [0, 0.1) is 0 Å². The molecule has 100 valence electrons. The molecule has 1 heterocycles. The molecule has 0 aromatic heterocycles. The fraction of sp³-hybridized carbons (Fsp3) is 0.538. The van der Waals surface area contributed by atoms with E-state index in [4.69, 9.17) is 15.2 Å². The van der Waals surface area contributed by atoms with Gasteiger partial charge >= 0.3 is 0 Å². The molecular weight excluding hydrogens is 240 g/mol. The topological polar surface area (TPSA) is 44.5 Å². The monoisotopic (exact) mass is 257 g/mol. The van der Waals surface area contributed by atoms with E-state index in [1.54, 1.807) is 13.8 Å². The fourth-order valence-corrected chi connectivity index (χ4v) is 1.89. The number of nitrogens with two attached hydrogens (primary N) is 1. The molecule has 0 radical (unpaired) electrons. The average Bonchev–Trinajstić information content (AvgIpc) is 2.25. The molecule has 0 saturated heterocycles. The molecule has 3 nitrogen and oxygen atoms in total. The van der Waals surface area contributed by atoms with Gasteiger partial charge in [0.1, 0.15) is 13.2 Å². The third-order valence-electron chi connectivity index (χ3n) is 2.84. The summed E-state index contributed by atoms with van der Waals surface area (Å²) >= 11 is 0. The smallest absolute Gasteiger partial charge is 0.270 e. The summed E-state index contributed by atoms with van der Waals surface area (Å²) in [6, 6.07) is 2.72. The average molecular weight is 257 g/mol. The Labute approximate surface area is 105 Å². The van der Waals surface area contributed by atoms with E-state index in [1.165, 1.54) is 12.1 Å². The largest absolute Gasteiger partial charge is 0.486 e. The first-order valence-corrected chi connectivity index (χ1v) is 5.81. The van der Waals surface area contributed by atoms with E-state index >= 15 is 0 Å². The van der Waals surface area contributed by atoms with Crippen LogP contribution in [0.3, 0.4) is 0 Å². The zero-order valence-corrected chi connectivity index (χ0v) is 10.7. The summed E-state index contributed by atoms with van der Waals surface area (Å²) in [7, 11) is 0. The van der Waals surface area contributed by atoms with Crippen LogP contribution in [0.25, 0.3) is 0 Å². The lowest BCUT2D eigenvalue weighted by atomic mass is 9.91. The minimum Gasteiger partial charge on any atom is -0.486 e. The predicted molar refractivity (Wildman–Crippen MR) is 64.2 cm³/mol. The number of fused-ring (bicyclic) bond motifs is 1. The minimum absolute atomic E-state index is 0.111. The lowest BCUT2D eigenvalue weighted by Gasteiger charge is -2.29. The second-order valence-corrected chi connectivity index (χ2v) is 5.16. The van der Waals surface area contributed by atoms with Gasteiger partial charge in [-0.25, -0.2) is 8.78 Å². The highest BCUT2D eigenvalue weighted by atomic mass is 19.3. The van der Waals surface area contributed by atoms with Crippen LogP contribution >= 0.6 is 0 Å². The van der Waals surface area contributed by atoms with Gasteiger partial charge in [0.25, 0.3) is 5.92 Å². The highest BCUT2D eigenvalue weighted by Crippen LogP contribution is 2.42. The van der Waals surface area contributed by atoms with Gasteiger partial charge in [0.15, 0.2) is 11.5 Å². The molecule has 18 heavy (non-hydrogen) atoms.